The largest absolute Gasteiger partial charge is 0.326 e. The summed E-state index contributed by atoms with van der Waals surface area (Å²) in [6, 6.07) is 12.9. The highest BCUT2D eigenvalue weighted by molar-refractivity contribution is 7.10. The van der Waals surface area contributed by atoms with Crippen LogP contribution in [0.5, 0.6) is 0 Å². The molecule has 6 heteroatoms. The lowest BCUT2D eigenvalue weighted by Gasteiger charge is -2.04. The number of hydrogen-bond donors (Lipinski definition) is 1. The van der Waals surface area contributed by atoms with Gasteiger partial charge in [0, 0.05) is 21.7 Å². The number of aryl methyl sites for hydroxylation is 1. The lowest BCUT2D eigenvalue weighted by molar-refractivity contribution is -0.115. The number of nitrogens with zero attached hydrogens (tertiary/aromatic N) is 1. The minimum absolute atomic E-state index is 0.100. The number of halogens is 2. The van der Waals surface area contributed by atoms with E-state index in [0.717, 1.165) is 27.5 Å². The summed E-state index contributed by atoms with van der Waals surface area (Å²) < 4.78 is 0. The fraction of sp³-hybridized carbons (Fsp3) is 0.111. The van der Waals surface area contributed by atoms with Crippen LogP contribution in [0, 0.1) is 6.92 Å². The third-order valence-electron chi connectivity index (χ3n) is 3.40. The van der Waals surface area contributed by atoms with E-state index in [-0.39, 0.29) is 12.3 Å². The molecule has 0 radical (unpaired) electrons. The lowest BCUT2D eigenvalue weighted by atomic mass is 10.2. The van der Waals surface area contributed by atoms with E-state index in [2.05, 4.69) is 10.3 Å². The van der Waals surface area contributed by atoms with Crippen molar-refractivity contribution in [3.05, 3.63) is 68.5 Å². The number of benzene rings is 2. The molecule has 0 saturated heterocycles. The molecule has 122 valence electrons. The first-order valence-electron chi connectivity index (χ1n) is 7.27. The Hall–Kier alpha value is -1.88. The average molecular weight is 377 g/mol. The predicted octanol–water partition coefficient (Wildman–Crippen LogP) is 5.61. The van der Waals surface area contributed by atoms with Crippen LogP contribution in [-0.2, 0) is 11.2 Å². The normalized spacial score (nSPS) is 10.6. The van der Waals surface area contributed by atoms with E-state index in [1.54, 1.807) is 18.2 Å². The van der Waals surface area contributed by atoms with Crippen molar-refractivity contribution in [1.82, 2.24) is 4.98 Å². The van der Waals surface area contributed by atoms with Crippen molar-refractivity contribution < 1.29 is 4.79 Å². The van der Waals surface area contributed by atoms with Gasteiger partial charge in [0.05, 0.1) is 17.1 Å². The van der Waals surface area contributed by atoms with Gasteiger partial charge in [0.25, 0.3) is 0 Å². The zero-order valence-corrected chi connectivity index (χ0v) is 15.2. The van der Waals surface area contributed by atoms with Crippen molar-refractivity contribution in [3.8, 4) is 11.3 Å². The number of rotatable bonds is 4. The predicted molar refractivity (Wildman–Crippen MR) is 101 cm³/mol. The second kappa shape index (κ2) is 7.34. The number of thiazole rings is 1. The molecular formula is C18H14Cl2N2OS. The van der Waals surface area contributed by atoms with Gasteiger partial charge in [0.1, 0.15) is 5.01 Å². The zero-order chi connectivity index (χ0) is 17.1. The van der Waals surface area contributed by atoms with Crippen molar-refractivity contribution in [2.45, 2.75) is 13.3 Å². The summed E-state index contributed by atoms with van der Waals surface area (Å²) in [7, 11) is 0. The number of carbonyl (C=O) groups excluding carboxylic acids is 1. The van der Waals surface area contributed by atoms with Gasteiger partial charge in [-0.25, -0.2) is 4.98 Å². The van der Waals surface area contributed by atoms with Crippen molar-refractivity contribution in [1.29, 1.82) is 0 Å². The van der Waals surface area contributed by atoms with E-state index in [4.69, 9.17) is 23.2 Å². The SMILES string of the molecule is Cc1ccc(NC(=O)Cc2nc(-c3cc(Cl)ccc3Cl)cs2)cc1. The molecule has 3 nitrogen and oxygen atoms in total. The highest BCUT2D eigenvalue weighted by Crippen LogP contribution is 2.31. The summed E-state index contributed by atoms with van der Waals surface area (Å²) in [5, 5.41) is 6.66. The van der Waals surface area contributed by atoms with E-state index < -0.39 is 0 Å². The molecule has 1 aromatic heterocycles. The Morgan fingerprint density at radius 2 is 1.92 bits per heavy atom. The topological polar surface area (TPSA) is 42.0 Å². The fourth-order valence-electron chi connectivity index (χ4n) is 2.19. The highest BCUT2D eigenvalue weighted by Gasteiger charge is 2.12. The maximum absolute atomic E-state index is 12.1. The average Bonchev–Trinajstić information content (AvgIpc) is 3.00. The van der Waals surface area contributed by atoms with Crippen molar-refractivity contribution in [2.24, 2.45) is 0 Å². The van der Waals surface area contributed by atoms with Crippen LogP contribution >= 0.6 is 34.5 Å². The van der Waals surface area contributed by atoms with Gasteiger partial charge in [-0.3, -0.25) is 4.79 Å². The molecule has 2 aromatic carbocycles. The standard InChI is InChI=1S/C18H14Cl2N2OS/c1-11-2-5-13(6-3-11)21-17(23)9-18-22-16(10-24-18)14-8-12(19)4-7-15(14)20/h2-8,10H,9H2,1H3,(H,21,23). The first-order chi connectivity index (χ1) is 11.5. The minimum Gasteiger partial charge on any atom is -0.326 e. The summed E-state index contributed by atoms with van der Waals surface area (Å²) >= 11 is 13.6. The van der Waals surface area contributed by atoms with Gasteiger partial charge in [0.2, 0.25) is 5.91 Å². The van der Waals surface area contributed by atoms with Gasteiger partial charge in [-0.15, -0.1) is 11.3 Å². The third-order valence-corrected chi connectivity index (χ3v) is 4.82. The molecule has 0 aliphatic rings. The quantitative estimate of drug-likeness (QED) is 0.642. The summed E-state index contributed by atoms with van der Waals surface area (Å²) in [6.07, 6.45) is 0.219. The van der Waals surface area contributed by atoms with Crippen LogP contribution in [0.3, 0.4) is 0 Å². The maximum Gasteiger partial charge on any atom is 0.231 e. The molecule has 1 N–H and O–H groups in total. The number of carbonyl (C=O) groups is 1. The monoisotopic (exact) mass is 376 g/mol. The molecule has 0 bridgehead atoms. The van der Waals surface area contributed by atoms with Gasteiger partial charge in [0.15, 0.2) is 0 Å². The molecule has 0 spiro atoms. The van der Waals surface area contributed by atoms with E-state index in [1.165, 1.54) is 11.3 Å². The Morgan fingerprint density at radius 1 is 1.17 bits per heavy atom. The number of nitrogens with one attached hydrogen (secondary N) is 1. The number of aromatic nitrogens is 1. The Kier molecular flexibility index (Phi) is 5.19. The smallest absolute Gasteiger partial charge is 0.231 e. The molecule has 0 aliphatic heterocycles. The molecule has 0 fully saturated rings. The maximum atomic E-state index is 12.1. The van der Waals surface area contributed by atoms with E-state index in [0.29, 0.717) is 10.0 Å². The number of hydrogen-bond acceptors (Lipinski definition) is 3. The molecule has 0 saturated carbocycles. The molecule has 0 aliphatic carbocycles. The fourth-order valence-corrected chi connectivity index (χ4v) is 3.37. The van der Waals surface area contributed by atoms with Crippen molar-refractivity contribution >= 4 is 46.1 Å². The Morgan fingerprint density at radius 3 is 2.67 bits per heavy atom. The molecule has 24 heavy (non-hydrogen) atoms. The zero-order valence-electron chi connectivity index (χ0n) is 12.8. The number of anilines is 1. The van der Waals surface area contributed by atoms with Crippen LogP contribution in [0.4, 0.5) is 5.69 Å². The summed E-state index contributed by atoms with van der Waals surface area (Å²) in [5.41, 5.74) is 3.42. The third kappa shape index (κ3) is 4.15. The van der Waals surface area contributed by atoms with E-state index in [9.17, 15) is 4.79 Å². The minimum atomic E-state index is -0.100. The van der Waals surface area contributed by atoms with Crippen LogP contribution in [-0.4, -0.2) is 10.9 Å². The van der Waals surface area contributed by atoms with Crippen LogP contribution in [0.1, 0.15) is 10.6 Å². The molecule has 0 unspecified atom stereocenters. The Balaban J connectivity index is 1.70. The van der Waals surface area contributed by atoms with Crippen LogP contribution < -0.4 is 5.32 Å². The molecular weight excluding hydrogens is 363 g/mol. The van der Waals surface area contributed by atoms with Crippen molar-refractivity contribution in [3.63, 3.8) is 0 Å². The molecule has 0 atom stereocenters. The molecule has 3 rings (SSSR count). The first kappa shape index (κ1) is 17.0. The second-order valence-electron chi connectivity index (χ2n) is 5.34. The van der Waals surface area contributed by atoms with Crippen molar-refractivity contribution in [2.75, 3.05) is 5.32 Å². The van der Waals surface area contributed by atoms with Gasteiger partial charge in [-0.05, 0) is 37.3 Å². The second-order valence-corrected chi connectivity index (χ2v) is 7.13. The van der Waals surface area contributed by atoms with Crippen LogP contribution in [0.15, 0.2) is 47.8 Å². The molecule has 1 amide bonds. The summed E-state index contributed by atoms with van der Waals surface area (Å²) in [6.45, 7) is 2.00. The number of amides is 1. The van der Waals surface area contributed by atoms with Crippen LogP contribution in [0.2, 0.25) is 10.0 Å². The van der Waals surface area contributed by atoms with E-state index >= 15 is 0 Å². The highest BCUT2D eigenvalue weighted by atomic mass is 35.5. The van der Waals surface area contributed by atoms with Gasteiger partial charge in [-0.1, -0.05) is 40.9 Å². The van der Waals surface area contributed by atoms with Gasteiger partial charge in [-0.2, -0.15) is 0 Å². The molecule has 3 aromatic rings. The van der Waals surface area contributed by atoms with Crippen LogP contribution in [0.25, 0.3) is 11.3 Å². The van der Waals surface area contributed by atoms with Gasteiger partial charge >= 0.3 is 0 Å². The Bertz CT molecular complexity index is 875. The molecule has 1 heterocycles. The lowest BCUT2D eigenvalue weighted by Crippen LogP contribution is -2.14. The summed E-state index contributed by atoms with van der Waals surface area (Å²) in [5.74, 6) is -0.100. The van der Waals surface area contributed by atoms with E-state index in [1.807, 2.05) is 36.6 Å². The van der Waals surface area contributed by atoms with Gasteiger partial charge < -0.3 is 5.32 Å². The first-order valence-corrected chi connectivity index (χ1v) is 8.91. The Labute approximate surface area is 154 Å². The summed E-state index contributed by atoms with van der Waals surface area (Å²) in [4.78, 5) is 16.6.